The number of rotatable bonds is 6. The largest absolute Gasteiger partial charge is 0.357 e. The van der Waals surface area contributed by atoms with Gasteiger partial charge in [-0.2, -0.15) is 0 Å². The fourth-order valence-electron chi connectivity index (χ4n) is 2.36. The van der Waals surface area contributed by atoms with E-state index < -0.39 is 0 Å². The molecule has 0 saturated carbocycles. The number of hydrogen-bond donors (Lipinski definition) is 1. The highest BCUT2D eigenvalue weighted by Crippen LogP contribution is 2.18. The third-order valence-electron chi connectivity index (χ3n) is 4.00. The lowest BCUT2D eigenvalue weighted by molar-refractivity contribution is -0.122. The molecule has 2 rings (SSSR count). The number of nitrogens with zero attached hydrogens (tertiary/aromatic N) is 3. The molecule has 1 fully saturated rings. The third-order valence-corrected chi connectivity index (χ3v) is 4.00. The highest BCUT2D eigenvalue weighted by Gasteiger charge is 2.14. The molecule has 116 valence electrons. The van der Waals surface area contributed by atoms with E-state index in [1.165, 1.54) is 12.8 Å². The first-order chi connectivity index (χ1) is 10.1. The van der Waals surface area contributed by atoms with Crippen molar-refractivity contribution in [1.29, 1.82) is 0 Å². The summed E-state index contributed by atoms with van der Waals surface area (Å²) in [5.74, 6) is 1.09. The molecule has 1 aliphatic heterocycles. The molecule has 0 bridgehead atoms. The Balaban J connectivity index is 1.85. The average molecular weight is 290 g/mol. The van der Waals surface area contributed by atoms with E-state index >= 15 is 0 Å². The summed E-state index contributed by atoms with van der Waals surface area (Å²) in [5.41, 5.74) is 1.10. The summed E-state index contributed by atoms with van der Waals surface area (Å²) in [6.07, 6.45) is 4.31. The monoisotopic (exact) mass is 290 g/mol. The van der Waals surface area contributed by atoms with Gasteiger partial charge in [0.25, 0.3) is 0 Å². The van der Waals surface area contributed by atoms with Crippen LogP contribution in [-0.2, 0) is 11.3 Å². The van der Waals surface area contributed by atoms with E-state index in [1.807, 2.05) is 24.2 Å². The first-order valence-electron chi connectivity index (χ1n) is 7.73. The van der Waals surface area contributed by atoms with E-state index in [1.54, 1.807) is 0 Å². The lowest BCUT2D eigenvalue weighted by Gasteiger charge is -2.20. The maximum Gasteiger partial charge on any atom is 0.234 e. The van der Waals surface area contributed by atoms with Gasteiger partial charge in [0.15, 0.2) is 0 Å². The topological polar surface area (TPSA) is 48.5 Å². The maximum atomic E-state index is 11.9. The molecule has 0 spiro atoms. The maximum absolute atomic E-state index is 11.9. The van der Waals surface area contributed by atoms with Crippen molar-refractivity contribution in [3.63, 3.8) is 0 Å². The van der Waals surface area contributed by atoms with Crippen LogP contribution in [0.25, 0.3) is 0 Å². The summed E-state index contributed by atoms with van der Waals surface area (Å²) in [4.78, 5) is 20.6. The molecule has 1 aliphatic rings. The van der Waals surface area contributed by atoms with Gasteiger partial charge in [-0.15, -0.1) is 0 Å². The normalized spacial score (nSPS) is 15.0. The Labute approximate surface area is 127 Å². The van der Waals surface area contributed by atoms with Gasteiger partial charge in [0.1, 0.15) is 5.82 Å². The van der Waals surface area contributed by atoms with Gasteiger partial charge in [-0.25, -0.2) is 4.98 Å². The molecule has 5 heteroatoms. The number of anilines is 1. The summed E-state index contributed by atoms with van der Waals surface area (Å²) in [5, 5.41) is 2.98. The Hall–Kier alpha value is -1.62. The van der Waals surface area contributed by atoms with Gasteiger partial charge in [-0.3, -0.25) is 9.69 Å². The quantitative estimate of drug-likeness (QED) is 0.865. The molecule has 0 aromatic carbocycles. The predicted octanol–water partition coefficient (Wildman–Crippen LogP) is 1.64. The number of carbonyl (C=O) groups excluding carboxylic acids is 1. The van der Waals surface area contributed by atoms with Crippen molar-refractivity contribution in [3.8, 4) is 0 Å². The van der Waals surface area contributed by atoms with E-state index in [-0.39, 0.29) is 5.91 Å². The molecule has 2 heterocycles. The highest BCUT2D eigenvalue weighted by atomic mass is 16.2. The summed E-state index contributed by atoms with van der Waals surface area (Å²) in [7, 11) is 1.96. The molecule has 21 heavy (non-hydrogen) atoms. The Morgan fingerprint density at radius 2 is 2.14 bits per heavy atom. The Morgan fingerprint density at radius 3 is 2.81 bits per heavy atom. The van der Waals surface area contributed by atoms with E-state index in [0.717, 1.165) is 24.5 Å². The van der Waals surface area contributed by atoms with E-state index in [2.05, 4.69) is 35.1 Å². The van der Waals surface area contributed by atoms with E-state index in [0.29, 0.717) is 19.1 Å². The van der Waals surface area contributed by atoms with Crippen LogP contribution >= 0.6 is 0 Å². The van der Waals surface area contributed by atoms with Crippen LogP contribution in [0.3, 0.4) is 0 Å². The minimum atomic E-state index is 0.0609. The zero-order chi connectivity index (χ0) is 15.2. The van der Waals surface area contributed by atoms with E-state index in [4.69, 9.17) is 0 Å². The summed E-state index contributed by atoms with van der Waals surface area (Å²) >= 11 is 0. The Morgan fingerprint density at radius 1 is 1.43 bits per heavy atom. The fourth-order valence-corrected chi connectivity index (χ4v) is 2.36. The van der Waals surface area contributed by atoms with Crippen molar-refractivity contribution < 1.29 is 4.79 Å². The number of likely N-dealkylation sites (N-methyl/N-ethyl adjacent to an activating group) is 1. The van der Waals surface area contributed by atoms with Crippen LogP contribution in [0, 0.1) is 0 Å². The predicted molar refractivity (Wildman–Crippen MR) is 85.3 cm³/mol. The third kappa shape index (κ3) is 4.70. The van der Waals surface area contributed by atoms with Gasteiger partial charge in [0.2, 0.25) is 5.91 Å². The van der Waals surface area contributed by atoms with Crippen molar-refractivity contribution in [1.82, 2.24) is 15.2 Å². The second-order valence-electron chi connectivity index (χ2n) is 6.00. The fraction of sp³-hybridized carbons (Fsp3) is 0.625. The molecule has 0 aliphatic carbocycles. The van der Waals surface area contributed by atoms with Crippen molar-refractivity contribution in [3.05, 3.63) is 23.9 Å². The molecular formula is C16H26N4O. The number of nitrogens with one attached hydrogen (secondary N) is 1. The second kappa shape index (κ2) is 7.41. The molecule has 1 N–H and O–H groups in total. The van der Waals surface area contributed by atoms with Gasteiger partial charge in [-0.1, -0.05) is 0 Å². The molecule has 0 atom stereocenters. The number of hydrogen-bond acceptors (Lipinski definition) is 4. The summed E-state index contributed by atoms with van der Waals surface area (Å²) in [6.45, 7) is 7.33. The van der Waals surface area contributed by atoms with Crippen molar-refractivity contribution in [2.24, 2.45) is 0 Å². The first kappa shape index (κ1) is 15.8. The van der Waals surface area contributed by atoms with Crippen molar-refractivity contribution in [2.75, 3.05) is 31.6 Å². The zero-order valence-electron chi connectivity index (χ0n) is 13.3. The number of aromatic nitrogens is 1. The van der Waals surface area contributed by atoms with Gasteiger partial charge in [0.05, 0.1) is 6.54 Å². The number of carbonyl (C=O) groups is 1. The molecule has 1 aromatic heterocycles. The molecule has 5 nitrogen and oxygen atoms in total. The second-order valence-corrected chi connectivity index (χ2v) is 6.00. The van der Waals surface area contributed by atoms with Crippen molar-refractivity contribution >= 4 is 11.7 Å². The number of pyridine rings is 1. The minimum Gasteiger partial charge on any atom is -0.357 e. The van der Waals surface area contributed by atoms with Crippen LogP contribution in [-0.4, -0.2) is 48.5 Å². The summed E-state index contributed by atoms with van der Waals surface area (Å²) in [6, 6.07) is 4.42. The molecule has 0 radical (unpaired) electrons. The van der Waals surface area contributed by atoms with Crippen LogP contribution in [0.5, 0.6) is 0 Å². The lowest BCUT2D eigenvalue weighted by atomic mass is 10.2. The van der Waals surface area contributed by atoms with Gasteiger partial charge in [-0.05, 0) is 51.4 Å². The standard InChI is InChI=1S/C16H26N4O/c1-13(2)19(3)12-16(21)18-11-14-6-7-17-15(10-14)20-8-4-5-9-20/h6-7,10,13H,4-5,8-9,11-12H2,1-3H3,(H,18,21). The minimum absolute atomic E-state index is 0.0609. The van der Waals surface area contributed by atoms with Crippen LogP contribution < -0.4 is 10.2 Å². The molecule has 1 aromatic rings. The van der Waals surface area contributed by atoms with Crippen LogP contribution in [0.1, 0.15) is 32.3 Å². The number of amides is 1. The van der Waals surface area contributed by atoms with Crippen LogP contribution in [0.4, 0.5) is 5.82 Å². The molecule has 1 saturated heterocycles. The first-order valence-corrected chi connectivity index (χ1v) is 7.73. The molecular weight excluding hydrogens is 264 g/mol. The van der Waals surface area contributed by atoms with Gasteiger partial charge < -0.3 is 10.2 Å². The highest BCUT2D eigenvalue weighted by molar-refractivity contribution is 5.78. The van der Waals surface area contributed by atoms with Crippen molar-refractivity contribution in [2.45, 2.75) is 39.3 Å². The lowest BCUT2D eigenvalue weighted by Crippen LogP contribution is -2.38. The Bertz CT molecular complexity index is 469. The van der Waals surface area contributed by atoms with E-state index in [9.17, 15) is 4.79 Å². The van der Waals surface area contributed by atoms with Crippen LogP contribution in [0.15, 0.2) is 18.3 Å². The smallest absolute Gasteiger partial charge is 0.234 e. The zero-order valence-corrected chi connectivity index (χ0v) is 13.3. The van der Waals surface area contributed by atoms with Gasteiger partial charge >= 0.3 is 0 Å². The Kier molecular flexibility index (Phi) is 5.56. The SMILES string of the molecule is CC(C)N(C)CC(=O)NCc1ccnc(N2CCCC2)c1. The summed E-state index contributed by atoms with van der Waals surface area (Å²) < 4.78 is 0. The molecule has 0 unspecified atom stereocenters. The van der Waals surface area contributed by atoms with Gasteiger partial charge in [0, 0.05) is 31.9 Å². The molecule has 1 amide bonds. The average Bonchev–Trinajstić information content (AvgIpc) is 2.99. The van der Waals surface area contributed by atoms with Crippen LogP contribution in [0.2, 0.25) is 0 Å².